The highest BCUT2D eigenvalue weighted by Crippen LogP contribution is 2.23. The van der Waals surface area contributed by atoms with Crippen molar-refractivity contribution in [2.24, 2.45) is 0 Å². The zero-order valence-electron chi connectivity index (χ0n) is 11.7. The highest BCUT2D eigenvalue weighted by atomic mass is 16.3. The van der Waals surface area contributed by atoms with Crippen molar-refractivity contribution < 1.29 is 9.90 Å². The Kier molecular flexibility index (Phi) is 4.20. The summed E-state index contributed by atoms with van der Waals surface area (Å²) < 4.78 is 0. The zero-order valence-corrected chi connectivity index (χ0v) is 11.7. The van der Waals surface area contributed by atoms with Crippen molar-refractivity contribution in [3.8, 4) is 0 Å². The fourth-order valence-corrected chi connectivity index (χ4v) is 2.13. The van der Waals surface area contributed by atoms with Gasteiger partial charge in [-0.05, 0) is 25.5 Å². The third-order valence-corrected chi connectivity index (χ3v) is 3.29. The number of fused-ring (bicyclic) bond motifs is 1. The highest BCUT2D eigenvalue weighted by molar-refractivity contribution is 6.08. The van der Waals surface area contributed by atoms with Gasteiger partial charge in [0.1, 0.15) is 0 Å². The number of rotatable bonds is 4. The van der Waals surface area contributed by atoms with Gasteiger partial charge in [-0.2, -0.15) is 0 Å². The number of nitrogens with zero attached hydrogens (tertiary/aromatic N) is 1. The number of pyridine rings is 1. The maximum Gasteiger partial charge on any atom is 0.252 e. The van der Waals surface area contributed by atoms with Crippen molar-refractivity contribution in [1.29, 1.82) is 0 Å². The Morgan fingerprint density at radius 1 is 1.50 bits per heavy atom. The predicted molar refractivity (Wildman–Crippen MR) is 79.5 cm³/mol. The fraction of sp³-hybridized carbons (Fsp3) is 0.333. The Hall–Kier alpha value is -2.14. The molecule has 1 aromatic heterocycles. The number of hydrogen-bond acceptors (Lipinski definition) is 4. The Morgan fingerprint density at radius 3 is 2.90 bits per heavy atom. The fourth-order valence-electron chi connectivity index (χ4n) is 2.13. The first-order chi connectivity index (χ1) is 9.56. The van der Waals surface area contributed by atoms with Gasteiger partial charge in [0.25, 0.3) is 5.91 Å². The van der Waals surface area contributed by atoms with Crippen LogP contribution >= 0.6 is 0 Å². The summed E-state index contributed by atoms with van der Waals surface area (Å²) in [6.45, 7) is 3.66. The van der Waals surface area contributed by atoms with Crippen molar-refractivity contribution in [3.63, 3.8) is 0 Å². The Labute approximate surface area is 117 Å². The molecule has 0 aliphatic carbocycles. The van der Waals surface area contributed by atoms with Crippen LogP contribution in [0.25, 0.3) is 10.9 Å². The molecule has 1 aromatic carbocycles. The highest BCUT2D eigenvalue weighted by Gasteiger charge is 2.16. The number of anilines is 1. The minimum Gasteiger partial charge on any atom is -0.397 e. The van der Waals surface area contributed by atoms with Crippen LogP contribution in [0, 0.1) is 6.92 Å². The molecular formula is C15H19N3O2. The van der Waals surface area contributed by atoms with E-state index in [0.29, 0.717) is 23.2 Å². The molecule has 5 nitrogen and oxygen atoms in total. The lowest BCUT2D eigenvalue weighted by Crippen LogP contribution is -2.37. The second-order valence-corrected chi connectivity index (χ2v) is 4.82. The van der Waals surface area contributed by atoms with Gasteiger partial charge in [0.15, 0.2) is 0 Å². The number of hydrogen-bond donors (Lipinski definition) is 3. The molecule has 4 N–H and O–H groups in total. The standard InChI is InChI=1S/C15H19N3O2/c1-3-10(8-19)18-15(20)12-7-9(2)17-14-11(12)5-4-6-13(14)16/h4-7,10,19H,3,8,16H2,1-2H3,(H,18,20). The number of carbonyl (C=O) groups excluding carboxylic acids is 1. The lowest BCUT2D eigenvalue weighted by molar-refractivity contribution is 0.0916. The van der Waals surface area contributed by atoms with Gasteiger partial charge in [-0.1, -0.05) is 19.1 Å². The molecule has 106 valence electrons. The van der Waals surface area contributed by atoms with E-state index in [1.165, 1.54) is 0 Å². The van der Waals surface area contributed by atoms with E-state index < -0.39 is 0 Å². The molecule has 2 aromatic rings. The number of nitrogens with one attached hydrogen (secondary N) is 1. The van der Waals surface area contributed by atoms with Crippen LogP contribution in [0.1, 0.15) is 29.4 Å². The van der Waals surface area contributed by atoms with Crippen LogP contribution in [0.3, 0.4) is 0 Å². The summed E-state index contributed by atoms with van der Waals surface area (Å²) in [6.07, 6.45) is 0.673. The van der Waals surface area contributed by atoms with Gasteiger partial charge in [0.2, 0.25) is 0 Å². The topological polar surface area (TPSA) is 88.2 Å². The van der Waals surface area contributed by atoms with Crippen LogP contribution < -0.4 is 11.1 Å². The van der Waals surface area contributed by atoms with E-state index in [1.807, 2.05) is 19.9 Å². The maximum atomic E-state index is 12.4. The Bertz CT molecular complexity index is 636. The van der Waals surface area contributed by atoms with E-state index in [-0.39, 0.29) is 18.6 Å². The van der Waals surface area contributed by atoms with Crippen molar-refractivity contribution in [2.45, 2.75) is 26.3 Å². The molecule has 0 saturated heterocycles. The molecule has 5 heteroatoms. The average Bonchev–Trinajstić information content (AvgIpc) is 2.44. The molecule has 0 spiro atoms. The monoisotopic (exact) mass is 273 g/mol. The number of nitrogens with two attached hydrogens (primary N) is 1. The third-order valence-electron chi connectivity index (χ3n) is 3.29. The van der Waals surface area contributed by atoms with E-state index >= 15 is 0 Å². The van der Waals surface area contributed by atoms with E-state index in [4.69, 9.17) is 5.73 Å². The Balaban J connectivity index is 2.48. The van der Waals surface area contributed by atoms with Crippen molar-refractivity contribution >= 4 is 22.5 Å². The first-order valence-electron chi connectivity index (χ1n) is 6.64. The summed E-state index contributed by atoms with van der Waals surface area (Å²) in [5.74, 6) is -0.216. The van der Waals surface area contributed by atoms with E-state index in [1.54, 1.807) is 18.2 Å². The molecule has 1 amide bonds. The first-order valence-corrected chi connectivity index (χ1v) is 6.64. The van der Waals surface area contributed by atoms with Crippen LogP contribution in [0.5, 0.6) is 0 Å². The molecule has 2 rings (SSSR count). The van der Waals surface area contributed by atoms with E-state index in [0.717, 1.165) is 11.1 Å². The van der Waals surface area contributed by atoms with Crippen LogP contribution in [0.2, 0.25) is 0 Å². The largest absolute Gasteiger partial charge is 0.397 e. The van der Waals surface area contributed by atoms with Gasteiger partial charge < -0.3 is 16.2 Å². The smallest absolute Gasteiger partial charge is 0.252 e. The first kappa shape index (κ1) is 14.3. The van der Waals surface area contributed by atoms with Gasteiger partial charge in [0.05, 0.1) is 29.4 Å². The van der Waals surface area contributed by atoms with Crippen LogP contribution in [0.15, 0.2) is 24.3 Å². The number of aliphatic hydroxyl groups is 1. The molecule has 0 aliphatic heterocycles. The van der Waals surface area contributed by atoms with Crippen LogP contribution in [0.4, 0.5) is 5.69 Å². The molecule has 1 heterocycles. The molecule has 20 heavy (non-hydrogen) atoms. The van der Waals surface area contributed by atoms with Gasteiger partial charge in [-0.15, -0.1) is 0 Å². The average molecular weight is 273 g/mol. The summed E-state index contributed by atoms with van der Waals surface area (Å²) in [6, 6.07) is 6.88. The molecular weight excluding hydrogens is 254 g/mol. The lowest BCUT2D eigenvalue weighted by atomic mass is 10.1. The summed E-state index contributed by atoms with van der Waals surface area (Å²) >= 11 is 0. The van der Waals surface area contributed by atoms with Crippen molar-refractivity contribution in [1.82, 2.24) is 10.3 Å². The van der Waals surface area contributed by atoms with Gasteiger partial charge in [-0.3, -0.25) is 9.78 Å². The van der Waals surface area contributed by atoms with Gasteiger partial charge in [0, 0.05) is 11.1 Å². The second-order valence-electron chi connectivity index (χ2n) is 4.82. The second kappa shape index (κ2) is 5.88. The number of aliphatic hydroxyl groups excluding tert-OH is 1. The number of amides is 1. The normalized spacial score (nSPS) is 12.3. The van der Waals surface area contributed by atoms with Crippen LogP contribution in [-0.4, -0.2) is 28.6 Å². The van der Waals surface area contributed by atoms with Gasteiger partial charge >= 0.3 is 0 Å². The summed E-state index contributed by atoms with van der Waals surface area (Å²) in [5, 5.41) is 12.7. The number of aromatic nitrogens is 1. The van der Waals surface area contributed by atoms with E-state index in [9.17, 15) is 9.90 Å². The molecule has 0 fully saturated rings. The predicted octanol–water partition coefficient (Wildman–Crippen LogP) is 1.63. The number of para-hydroxylation sites is 1. The molecule has 1 unspecified atom stereocenters. The number of benzene rings is 1. The number of carbonyl (C=O) groups is 1. The lowest BCUT2D eigenvalue weighted by Gasteiger charge is -2.15. The van der Waals surface area contributed by atoms with Crippen molar-refractivity contribution in [2.75, 3.05) is 12.3 Å². The number of nitrogen functional groups attached to an aromatic ring is 1. The number of aryl methyl sites for hydroxylation is 1. The van der Waals surface area contributed by atoms with Crippen molar-refractivity contribution in [3.05, 3.63) is 35.5 Å². The Morgan fingerprint density at radius 2 is 2.25 bits per heavy atom. The quantitative estimate of drug-likeness (QED) is 0.739. The maximum absolute atomic E-state index is 12.4. The van der Waals surface area contributed by atoms with Crippen LogP contribution in [-0.2, 0) is 0 Å². The van der Waals surface area contributed by atoms with E-state index in [2.05, 4.69) is 10.3 Å². The molecule has 0 saturated carbocycles. The minimum atomic E-state index is -0.243. The molecule has 0 aliphatic rings. The summed E-state index contributed by atoms with van der Waals surface area (Å²) in [5.41, 5.74) is 8.37. The molecule has 1 atom stereocenters. The summed E-state index contributed by atoms with van der Waals surface area (Å²) in [4.78, 5) is 16.7. The zero-order chi connectivity index (χ0) is 14.7. The SMILES string of the molecule is CCC(CO)NC(=O)c1cc(C)nc2c(N)cccc12. The summed E-state index contributed by atoms with van der Waals surface area (Å²) in [7, 11) is 0. The third kappa shape index (κ3) is 2.72. The molecule has 0 bridgehead atoms. The van der Waals surface area contributed by atoms with Gasteiger partial charge in [-0.25, -0.2) is 0 Å². The minimum absolute atomic E-state index is 0.0770. The molecule has 0 radical (unpaired) electrons.